The van der Waals surface area contributed by atoms with Gasteiger partial charge in [-0.3, -0.25) is 4.79 Å². The Bertz CT molecular complexity index is 996. The molecule has 4 rings (SSSR count). The van der Waals surface area contributed by atoms with Crippen LogP contribution in [0.25, 0.3) is 0 Å². The minimum Gasteiger partial charge on any atom is -0.396 e. The molecular weight excluding hydrogens is 431 g/mol. The minimum atomic E-state index is -0.519. The highest BCUT2D eigenvalue weighted by Gasteiger charge is 2.51. The molecule has 0 bridgehead atoms. The summed E-state index contributed by atoms with van der Waals surface area (Å²) in [6, 6.07) is 12.0. The Morgan fingerprint density at radius 1 is 1.16 bits per heavy atom. The predicted molar refractivity (Wildman–Crippen MR) is 128 cm³/mol. The quantitative estimate of drug-likeness (QED) is 0.570. The second-order valence-corrected chi connectivity index (χ2v) is 10.7. The molecule has 0 saturated heterocycles. The molecule has 2 aromatic rings. The first-order chi connectivity index (χ1) is 14.7. The van der Waals surface area contributed by atoms with Crippen molar-refractivity contribution < 1.29 is 9.90 Å². The third-order valence-electron chi connectivity index (χ3n) is 6.65. The van der Waals surface area contributed by atoms with Crippen molar-refractivity contribution in [2.75, 3.05) is 23.4 Å². The normalized spacial score (nSPS) is 19.3. The molecule has 0 radical (unpaired) electrons. The standard InChI is InChI=1S/C25H30Cl2N2O2/c1-24(2,3)22-14-16-13-18(6-8-21(16)29(22)11-4-12-30)28-23(31)25(9-10-25)17-5-7-19(26)20(27)15-17/h5-8,13,15,22,30H,4,9-12,14H2,1-3H3,(H,28,31). The fourth-order valence-corrected chi connectivity index (χ4v) is 5.00. The Morgan fingerprint density at radius 3 is 2.52 bits per heavy atom. The molecule has 1 saturated carbocycles. The Labute approximate surface area is 194 Å². The van der Waals surface area contributed by atoms with Crippen LogP contribution in [0.15, 0.2) is 36.4 Å². The van der Waals surface area contributed by atoms with Crippen LogP contribution in [0.3, 0.4) is 0 Å². The maximum atomic E-state index is 13.2. The van der Waals surface area contributed by atoms with E-state index in [-0.39, 0.29) is 17.9 Å². The summed E-state index contributed by atoms with van der Waals surface area (Å²) in [6.45, 7) is 7.79. The van der Waals surface area contributed by atoms with Gasteiger partial charge in [0.2, 0.25) is 5.91 Å². The smallest absolute Gasteiger partial charge is 0.235 e. The highest BCUT2D eigenvalue weighted by molar-refractivity contribution is 6.42. The first-order valence-electron chi connectivity index (χ1n) is 10.9. The lowest BCUT2D eigenvalue weighted by Gasteiger charge is -2.37. The number of nitrogens with zero attached hydrogens (tertiary/aromatic N) is 1. The van der Waals surface area contributed by atoms with E-state index in [0.29, 0.717) is 16.1 Å². The molecular formula is C25H30Cl2N2O2. The summed E-state index contributed by atoms with van der Waals surface area (Å²) >= 11 is 12.2. The van der Waals surface area contributed by atoms with Gasteiger partial charge in [-0.05, 0) is 72.6 Å². The highest BCUT2D eigenvalue weighted by Crippen LogP contribution is 2.50. The van der Waals surface area contributed by atoms with Crippen LogP contribution in [0.2, 0.25) is 10.0 Å². The van der Waals surface area contributed by atoms with E-state index < -0.39 is 5.41 Å². The van der Waals surface area contributed by atoms with Gasteiger partial charge in [-0.1, -0.05) is 50.0 Å². The monoisotopic (exact) mass is 460 g/mol. The SMILES string of the molecule is CC(C)(C)C1Cc2cc(NC(=O)C3(c4ccc(Cl)c(Cl)c4)CC3)ccc2N1CCCO. The van der Waals surface area contributed by atoms with Crippen LogP contribution in [-0.2, 0) is 16.6 Å². The van der Waals surface area contributed by atoms with Gasteiger partial charge in [0, 0.05) is 30.6 Å². The number of amides is 1. The van der Waals surface area contributed by atoms with E-state index in [1.807, 2.05) is 18.2 Å². The molecule has 2 aromatic carbocycles. The minimum absolute atomic E-state index is 0.00773. The number of nitrogens with one attached hydrogen (secondary N) is 1. The van der Waals surface area contributed by atoms with E-state index in [0.717, 1.165) is 43.5 Å². The van der Waals surface area contributed by atoms with Gasteiger partial charge in [0.1, 0.15) is 0 Å². The topological polar surface area (TPSA) is 52.6 Å². The predicted octanol–water partition coefficient (Wildman–Crippen LogP) is 5.82. The highest BCUT2D eigenvalue weighted by atomic mass is 35.5. The number of aliphatic hydroxyl groups excluding tert-OH is 1. The lowest BCUT2D eigenvalue weighted by atomic mass is 9.84. The summed E-state index contributed by atoms with van der Waals surface area (Å²) in [4.78, 5) is 15.6. The fourth-order valence-electron chi connectivity index (χ4n) is 4.70. The maximum absolute atomic E-state index is 13.2. The molecule has 1 heterocycles. The number of rotatable bonds is 6. The van der Waals surface area contributed by atoms with Gasteiger partial charge < -0.3 is 15.3 Å². The zero-order valence-corrected chi connectivity index (χ0v) is 19.9. The number of carbonyl (C=O) groups is 1. The summed E-state index contributed by atoms with van der Waals surface area (Å²) < 4.78 is 0. The molecule has 1 unspecified atom stereocenters. The first kappa shape index (κ1) is 22.4. The molecule has 4 nitrogen and oxygen atoms in total. The van der Waals surface area contributed by atoms with E-state index in [1.54, 1.807) is 6.07 Å². The van der Waals surface area contributed by atoms with Gasteiger partial charge in [0.15, 0.2) is 0 Å². The number of halogens is 2. The van der Waals surface area contributed by atoms with Crippen LogP contribution >= 0.6 is 23.2 Å². The van der Waals surface area contributed by atoms with Crippen molar-refractivity contribution in [3.05, 3.63) is 57.6 Å². The Hall–Kier alpha value is -1.75. The molecule has 0 spiro atoms. The Morgan fingerprint density at radius 2 is 1.90 bits per heavy atom. The van der Waals surface area contributed by atoms with E-state index in [4.69, 9.17) is 23.2 Å². The van der Waals surface area contributed by atoms with Crippen molar-refractivity contribution in [2.45, 2.75) is 57.9 Å². The zero-order chi connectivity index (χ0) is 22.4. The summed E-state index contributed by atoms with van der Waals surface area (Å²) in [5.74, 6) is 0.00773. The van der Waals surface area contributed by atoms with Gasteiger partial charge >= 0.3 is 0 Å². The molecule has 6 heteroatoms. The number of carbonyl (C=O) groups excluding carboxylic acids is 1. The second-order valence-electron chi connectivity index (χ2n) is 9.87. The van der Waals surface area contributed by atoms with Crippen molar-refractivity contribution in [2.24, 2.45) is 5.41 Å². The Kier molecular flexibility index (Phi) is 6.01. The molecule has 31 heavy (non-hydrogen) atoms. The van der Waals surface area contributed by atoms with Crippen LogP contribution in [0.5, 0.6) is 0 Å². The summed E-state index contributed by atoms with van der Waals surface area (Å²) in [6.07, 6.45) is 3.30. The molecule has 2 aliphatic rings. The average molecular weight is 461 g/mol. The van der Waals surface area contributed by atoms with Crippen molar-refractivity contribution >= 4 is 40.5 Å². The van der Waals surface area contributed by atoms with Crippen LogP contribution in [0.4, 0.5) is 11.4 Å². The molecule has 2 N–H and O–H groups in total. The van der Waals surface area contributed by atoms with E-state index >= 15 is 0 Å². The van der Waals surface area contributed by atoms with Crippen molar-refractivity contribution in [3.8, 4) is 0 Å². The fraction of sp³-hybridized carbons (Fsp3) is 0.480. The van der Waals surface area contributed by atoms with Gasteiger partial charge in [0.05, 0.1) is 15.5 Å². The lowest BCUT2D eigenvalue weighted by Crippen LogP contribution is -2.42. The average Bonchev–Trinajstić information content (AvgIpc) is 3.44. The van der Waals surface area contributed by atoms with Crippen molar-refractivity contribution in [3.63, 3.8) is 0 Å². The van der Waals surface area contributed by atoms with Gasteiger partial charge in [-0.15, -0.1) is 0 Å². The van der Waals surface area contributed by atoms with Crippen LogP contribution < -0.4 is 10.2 Å². The number of hydrogen-bond acceptors (Lipinski definition) is 3. The van der Waals surface area contributed by atoms with E-state index in [1.165, 1.54) is 11.3 Å². The number of fused-ring (bicyclic) bond motifs is 1. The van der Waals surface area contributed by atoms with Crippen molar-refractivity contribution in [1.29, 1.82) is 0 Å². The second kappa shape index (κ2) is 8.31. The number of benzene rings is 2. The molecule has 1 aliphatic carbocycles. The van der Waals surface area contributed by atoms with E-state index in [2.05, 4.69) is 43.1 Å². The largest absolute Gasteiger partial charge is 0.396 e. The molecule has 0 aromatic heterocycles. The Balaban J connectivity index is 1.55. The summed E-state index contributed by atoms with van der Waals surface area (Å²) in [5.41, 5.74) is 3.79. The van der Waals surface area contributed by atoms with Crippen molar-refractivity contribution in [1.82, 2.24) is 0 Å². The molecule has 1 amide bonds. The van der Waals surface area contributed by atoms with Gasteiger partial charge in [0.25, 0.3) is 0 Å². The maximum Gasteiger partial charge on any atom is 0.235 e. The third-order valence-corrected chi connectivity index (χ3v) is 7.39. The molecule has 1 fully saturated rings. The number of hydrogen-bond donors (Lipinski definition) is 2. The number of anilines is 2. The molecule has 1 atom stereocenters. The van der Waals surface area contributed by atoms with Crippen LogP contribution in [0.1, 0.15) is 51.2 Å². The lowest BCUT2D eigenvalue weighted by molar-refractivity contribution is -0.118. The summed E-state index contributed by atoms with van der Waals surface area (Å²) in [7, 11) is 0. The van der Waals surface area contributed by atoms with Gasteiger partial charge in [-0.25, -0.2) is 0 Å². The third kappa shape index (κ3) is 4.30. The van der Waals surface area contributed by atoms with Crippen LogP contribution in [0, 0.1) is 5.41 Å². The van der Waals surface area contributed by atoms with E-state index in [9.17, 15) is 9.90 Å². The zero-order valence-electron chi connectivity index (χ0n) is 18.3. The number of aliphatic hydroxyl groups is 1. The summed E-state index contributed by atoms with van der Waals surface area (Å²) in [5, 5.41) is 13.4. The van der Waals surface area contributed by atoms with Gasteiger partial charge in [-0.2, -0.15) is 0 Å². The molecule has 1 aliphatic heterocycles. The molecule has 166 valence electrons. The first-order valence-corrected chi connectivity index (χ1v) is 11.7. The van der Waals surface area contributed by atoms with Crippen LogP contribution in [-0.4, -0.2) is 30.2 Å².